The highest BCUT2D eigenvalue weighted by Crippen LogP contribution is 2.20. The second-order valence-corrected chi connectivity index (χ2v) is 5.82. The Hall–Kier alpha value is -1.95. The van der Waals surface area contributed by atoms with Crippen molar-refractivity contribution >= 4 is 0 Å². The maximum Gasteiger partial charge on any atom is 0.119 e. The van der Waals surface area contributed by atoms with Crippen LogP contribution in [0.5, 0.6) is 5.75 Å². The number of aromatic nitrogens is 1. The molecule has 0 saturated carbocycles. The molecule has 0 bridgehead atoms. The molecule has 1 aromatic carbocycles. The fourth-order valence-corrected chi connectivity index (χ4v) is 2.93. The van der Waals surface area contributed by atoms with Crippen molar-refractivity contribution in [3.63, 3.8) is 0 Å². The molecule has 24 heavy (non-hydrogen) atoms. The van der Waals surface area contributed by atoms with Crippen LogP contribution in [-0.2, 0) is 4.74 Å². The Balaban J connectivity index is 1.37. The van der Waals surface area contributed by atoms with Crippen LogP contribution < -0.4 is 10.1 Å². The lowest BCUT2D eigenvalue weighted by Crippen LogP contribution is -2.47. The summed E-state index contributed by atoms with van der Waals surface area (Å²) in [5, 5.41) is 3.46. The van der Waals surface area contributed by atoms with E-state index in [4.69, 9.17) is 9.47 Å². The van der Waals surface area contributed by atoms with Gasteiger partial charge < -0.3 is 14.8 Å². The van der Waals surface area contributed by atoms with Crippen LogP contribution in [0.15, 0.2) is 54.9 Å². The van der Waals surface area contributed by atoms with E-state index in [0.29, 0.717) is 19.3 Å². The quantitative estimate of drug-likeness (QED) is 0.753. The Morgan fingerprint density at radius 2 is 2.00 bits per heavy atom. The molecule has 0 amide bonds. The lowest BCUT2D eigenvalue weighted by Gasteiger charge is -2.36. The number of benzene rings is 1. The van der Waals surface area contributed by atoms with Crippen LogP contribution >= 0.6 is 0 Å². The third kappa shape index (κ3) is 5.03. The van der Waals surface area contributed by atoms with Gasteiger partial charge in [-0.2, -0.15) is 0 Å². The van der Waals surface area contributed by atoms with Gasteiger partial charge in [0.2, 0.25) is 0 Å². The molecule has 2 heterocycles. The number of pyridine rings is 1. The van der Waals surface area contributed by atoms with Crippen molar-refractivity contribution in [1.29, 1.82) is 0 Å². The number of piperazine rings is 1. The Morgan fingerprint density at radius 1 is 1.08 bits per heavy atom. The Kier molecular flexibility index (Phi) is 6.60. The van der Waals surface area contributed by atoms with Crippen LogP contribution in [0, 0.1) is 0 Å². The summed E-state index contributed by atoms with van der Waals surface area (Å²) in [4.78, 5) is 6.71. The van der Waals surface area contributed by atoms with Crippen molar-refractivity contribution in [2.75, 3.05) is 46.0 Å². The molecule has 0 spiro atoms. The summed E-state index contributed by atoms with van der Waals surface area (Å²) in [6.45, 7) is 5.85. The Bertz CT molecular complexity index is 580. The van der Waals surface area contributed by atoms with Crippen molar-refractivity contribution in [2.24, 2.45) is 0 Å². The van der Waals surface area contributed by atoms with Gasteiger partial charge in [0.05, 0.1) is 13.2 Å². The van der Waals surface area contributed by atoms with Crippen LogP contribution in [0.3, 0.4) is 0 Å². The van der Waals surface area contributed by atoms with Gasteiger partial charge in [-0.25, -0.2) is 0 Å². The molecule has 0 radical (unpaired) electrons. The first-order chi connectivity index (χ1) is 11.9. The molecule has 1 saturated heterocycles. The van der Waals surface area contributed by atoms with Gasteiger partial charge in [0.15, 0.2) is 0 Å². The summed E-state index contributed by atoms with van der Waals surface area (Å²) < 4.78 is 11.4. The zero-order chi connectivity index (χ0) is 16.5. The van der Waals surface area contributed by atoms with E-state index in [9.17, 15) is 0 Å². The number of hydrogen-bond donors (Lipinski definition) is 1. The number of nitrogens with zero attached hydrogens (tertiary/aromatic N) is 2. The zero-order valence-electron chi connectivity index (χ0n) is 13.9. The van der Waals surface area contributed by atoms with Crippen LogP contribution in [-0.4, -0.2) is 55.9 Å². The van der Waals surface area contributed by atoms with Gasteiger partial charge in [-0.15, -0.1) is 0 Å². The topological polar surface area (TPSA) is 46.6 Å². The minimum atomic E-state index is 0.372. The number of ether oxygens (including phenoxy) is 2. The molecule has 1 N–H and O–H groups in total. The van der Waals surface area contributed by atoms with E-state index in [1.165, 1.54) is 5.56 Å². The molecular formula is C19H25N3O2. The van der Waals surface area contributed by atoms with Crippen LogP contribution in [0.25, 0.3) is 0 Å². The van der Waals surface area contributed by atoms with Crippen molar-refractivity contribution in [3.8, 4) is 5.75 Å². The van der Waals surface area contributed by atoms with E-state index in [0.717, 1.165) is 38.5 Å². The van der Waals surface area contributed by atoms with Crippen molar-refractivity contribution < 1.29 is 9.47 Å². The average Bonchev–Trinajstić information content (AvgIpc) is 2.66. The van der Waals surface area contributed by atoms with Gasteiger partial charge in [0.25, 0.3) is 0 Å². The summed E-state index contributed by atoms with van der Waals surface area (Å²) in [5.41, 5.74) is 1.26. The van der Waals surface area contributed by atoms with Crippen LogP contribution in [0.1, 0.15) is 11.6 Å². The molecule has 1 aliphatic heterocycles. The third-order valence-corrected chi connectivity index (χ3v) is 4.19. The maximum absolute atomic E-state index is 5.74. The molecule has 1 aromatic heterocycles. The molecule has 2 aromatic rings. The zero-order valence-corrected chi connectivity index (χ0v) is 13.9. The van der Waals surface area contributed by atoms with Crippen molar-refractivity contribution in [3.05, 3.63) is 60.4 Å². The maximum atomic E-state index is 5.74. The van der Waals surface area contributed by atoms with E-state index in [1.807, 2.05) is 48.8 Å². The molecule has 5 nitrogen and oxygen atoms in total. The van der Waals surface area contributed by atoms with Gasteiger partial charge in [-0.05, 0) is 23.8 Å². The Labute approximate surface area is 143 Å². The SMILES string of the molecule is c1ccc(OCCOCCN2CCNCC2c2cccnc2)cc1. The first-order valence-corrected chi connectivity index (χ1v) is 8.54. The predicted octanol–water partition coefficient (Wildman–Crippen LogP) is 2.12. The summed E-state index contributed by atoms with van der Waals surface area (Å²) in [7, 11) is 0. The second-order valence-electron chi connectivity index (χ2n) is 5.82. The number of nitrogens with one attached hydrogen (secondary N) is 1. The van der Waals surface area contributed by atoms with Gasteiger partial charge in [-0.1, -0.05) is 24.3 Å². The van der Waals surface area contributed by atoms with Gasteiger partial charge in [0.1, 0.15) is 12.4 Å². The first-order valence-electron chi connectivity index (χ1n) is 8.54. The summed E-state index contributed by atoms with van der Waals surface area (Å²) in [6.07, 6.45) is 3.78. The number of rotatable bonds is 8. The van der Waals surface area contributed by atoms with Gasteiger partial charge in [-0.3, -0.25) is 9.88 Å². The highest BCUT2D eigenvalue weighted by molar-refractivity contribution is 5.20. The molecule has 1 atom stereocenters. The minimum absolute atomic E-state index is 0.372. The smallest absolute Gasteiger partial charge is 0.119 e. The highest BCUT2D eigenvalue weighted by Gasteiger charge is 2.23. The molecule has 0 aliphatic carbocycles. The van der Waals surface area contributed by atoms with Gasteiger partial charge >= 0.3 is 0 Å². The monoisotopic (exact) mass is 327 g/mol. The van der Waals surface area contributed by atoms with Gasteiger partial charge in [0, 0.05) is 44.6 Å². The fraction of sp³-hybridized carbons (Fsp3) is 0.421. The summed E-state index contributed by atoms with van der Waals surface area (Å²) in [6, 6.07) is 14.4. The Morgan fingerprint density at radius 3 is 2.83 bits per heavy atom. The van der Waals surface area contributed by atoms with Crippen LogP contribution in [0.2, 0.25) is 0 Å². The standard InChI is InChI=1S/C19H25N3O2/c1-2-6-18(7-3-1)24-14-13-23-12-11-22-10-9-21-16-19(22)17-5-4-8-20-15-17/h1-8,15,19,21H,9-14,16H2. The van der Waals surface area contributed by atoms with Crippen molar-refractivity contribution in [1.82, 2.24) is 15.2 Å². The van der Waals surface area contributed by atoms with E-state index in [-0.39, 0.29) is 0 Å². The second kappa shape index (κ2) is 9.37. The third-order valence-electron chi connectivity index (χ3n) is 4.19. The summed E-state index contributed by atoms with van der Waals surface area (Å²) in [5.74, 6) is 0.889. The highest BCUT2D eigenvalue weighted by atomic mass is 16.5. The summed E-state index contributed by atoms with van der Waals surface area (Å²) >= 11 is 0. The predicted molar refractivity (Wildman–Crippen MR) is 94.2 cm³/mol. The lowest BCUT2D eigenvalue weighted by molar-refractivity contribution is 0.0609. The molecule has 128 valence electrons. The van der Waals surface area contributed by atoms with E-state index in [1.54, 1.807) is 0 Å². The minimum Gasteiger partial charge on any atom is -0.491 e. The molecule has 1 unspecified atom stereocenters. The molecule has 3 rings (SSSR count). The first kappa shape index (κ1) is 16.9. The van der Waals surface area contributed by atoms with Crippen molar-refractivity contribution in [2.45, 2.75) is 6.04 Å². The lowest BCUT2D eigenvalue weighted by atomic mass is 10.1. The number of hydrogen-bond acceptors (Lipinski definition) is 5. The molecule has 1 fully saturated rings. The van der Waals surface area contributed by atoms with E-state index >= 15 is 0 Å². The largest absolute Gasteiger partial charge is 0.491 e. The fourth-order valence-electron chi connectivity index (χ4n) is 2.93. The van der Waals surface area contributed by atoms with E-state index < -0.39 is 0 Å². The van der Waals surface area contributed by atoms with Crippen LogP contribution in [0.4, 0.5) is 0 Å². The molecular weight excluding hydrogens is 302 g/mol. The average molecular weight is 327 g/mol. The molecule has 1 aliphatic rings. The normalized spacial score (nSPS) is 18.4. The van der Waals surface area contributed by atoms with E-state index in [2.05, 4.69) is 21.3 Å². The number of para-hydroxylation sites is 1. The molecule has 5 heteroatoms.